The quantitative estimate of drug-likeness (QED) is 0.801. The molecule has 0 saturated heterocycles. The Morgan fingerprint density at radius 3 is 2.54 bits per heavy atom. The van der Waals surface area contributed by atoms with Crippen molar-refractivity contribution in [2.75, 3.05) is 25.1 Å². The molecule has 1 N–H and O–H groups in total. The molecule has 2 aromatic rings. The lowest BCUT2D eigenvalue weighted by Gasteiger charge is -2.21. The topological polar surface area (TPSA) is 75.7 Å². The molecule has 0 fully saturated rings. The van der Waals surface area contributed by atoms with Gasteiger partial charge in [0.25, 0.3) is 0 Å². The Balaban J connectivity index is 2.08. The first-order valence-electron chi connectivity index (χ1n) is 7.92. The zero-order chi connectivity index (χ0) is 19.3. The Hall–Kier alpha value is -2.45. The van der Waals surface area contributed by atoms with E-state index in [9.17, 15) is 17.6 Å². The van der Waals surface area contributed by atoms with Gasteiger partial charge >= 0.3 is 0 Å². The maximum atomic E-state index is 13.4. The first-order chi connectivity index (χ1) is 12.2. The molecule has 140 valence electrons. The number of carbonyl (C=O) groups is 1. The number of sulfonamides is 1. The molecule has 0 saturated carbocycles. The van der Waals surface area contributed by atoms with Gasteiger partial charge in [-0.3, -0.25) is 4.79 Å². The molecule has 1 amide bonds. The number of hydrogen-bond donors (Lipinski definition) is 1. The maximum Gasteiger partial charge on any atom is 0.240 e. The SMILES string of the molecule is COc1ccc(S(=O)(=O)NCCN(C(C)=O)c2cccc(F)c2)cc1C. The number of benzene rings is 2. The van der Waals surface area contributed by atoms with Crippen LogP contribution < -0.4 is 14.4 Å². The van der Waals surface area contributed by atoms with Gasteiger partial charge in [0.2, 0.25) is 15.9 Å². The summed E-state index contributed by atoms with van der Waals surface area (Å²) in [4.78, 5) is 13.2. The van der Waals surface area contributed by atoms with E-state index in [0.717, 1.165) is 0 Å². The third kappa shape index (κ3) is 4.80. The predicted octanol–water partition coefficient (Wildman–Crippen LogP) is 2.47. The lowest BCUT2D eigenvalue weighted by atomic mass is 10.2. The molecule has 0 aliphatic rings. The maximum absolute atomic E-state index is 13.4. The van der Waals surface area contributed by atoms with Gasteiger partial charge in [-0.25, -0.2) is 17.5 Å². The highest BCUT2D eigenvalue weighted by Crippen LogP contribution is 2.21. The van der Waals surface area contributed by atoms with Crippen molar-refractivity contribution in [3.8, 4) is 5.75 Å². The van der Waals surface area contributed by atoms with Gasteiger partial charge in [0.15, 0.2) is 0 Å². The number of anilines is 1. The molecule has 0 bridgehead atoms. The van der Waals surface area contributed by atoms with Crippen LogP contribution in [-0.4, -0.2) is 34.5 Å². The van der Waals surface area contributed by atoms with E-state index in [2.05, 4.69) is 4.72 Å². The van der Waals surface area contributed by atoms with E-state index < -0.39 is 15.8 Å². The Bertz CT molecular complexity index is 900. The van der Waals surface area contributed by atoms with Gasteiger partial charge < -0.3 is 9.64 Å². The lowest BCUT2D eigenvalue weighted by Crippen LogP contribution is -2.37. The van der Waals surface area contributed by atoms with Crippen LogP contribution in [0.3, 0.4) is 0 Å². The van der Waals surface area contributed by atoms with Crippen LogP contribution in [0.5, 0.6) is 5.75 Å². The number of nitrogens with zero attached hydrogens (tertiary/aromatic N) is 1. The third-order valence-electron chi connectivity index (χ3n) is 3.80. The number of hydrogen-bond acceptors (Lipinski definition) is 4. The molecule has 0 aliphatic carbocycles. The van der Waals surface area contributed by atoms with Crippen LogP contribution in [0.1, 0.15) is 12.5 Å². The van der Waals surface area contributed by atoms with E-state index in [1.165, 1.54) is 49.3 Å². The lowest BCUT2D eigenvalue weighted by molar-refractivity contribution is -0.116. The number of amides is 1. The van der Waals surface area contributed by atoms with E-state index in [4.69, 9.17) is 4.74 Å². The molecule has 0 spiro atoms. The standard InChI is InChI=1S/C18H21FN2O4S/c1-13-11-17(7-8-18(13)25-3)26(23,24)20-9-10-21(14(2)22)16-6-4-5-15(19)12-16/h4-8,11-12,20H,9-10H2,1-3H3. The van der Waals surface area contributed by atoms with Crippen LogP contribution in [0.15, 0.2) is 47.4 Å². The first-order valence-corrected chi connectivity index (χ1v) is 9.41. The minimum absolute atomic E-state index is 0.0104. The van der Waals surface area contributed by atoms with Crippen molar-refractivity contribution in [1.29, 1.82) is 0 Å². The third-order valence-corrected chi connectivity index (χ3v) is 5.26. The van der Waals surface area contributed by atoms with Gasteiger partial charge in [0.1, 0.15) is 11.6 Å². The van der Waals surface area contributed by atoms with Gasteiger partial charge in [0.05, 0.1) is 12.0 Å². The van der Waals surface area contributed by atoms with E-state index in [0.29, 0.717) is 17.0 Å². The summed E-state index contributed by atoms with van der Waals surface area (Å²) in [5.74, 6) is -0.184. The number of halogens is 1. The molecule has 0 radical (unpaired) electrons. The Morgan fingerprint density at radius 1 is 1.23 bits per heavy atom. The van der Waals surface area contributed by atoms with Crippen LogP contribution in [0.4, 0.5) is 10.1 Å². The van der Waals surface area contributed by atoms with Crippen molar-refractivity contribution in [3.05, 3.63) is 53.8 Å². The summed E-state index contributed by atoms with van der Waals surface area (Å²) in [7, 11) is -2.23. The molecule has 2 rings (SSSR count). The fraction of sp³-hybridized carbons (Fsp3) is 0.278. The van der Waals surface area contributed by atoms with Crippen LogP contribution >= 0.6 is 0 Å². The smallest absolute Gasteiger partial charge is 0.240 e. The molecule has 2 aromatic carbocycles. The number of carbonyl (C=O) groups excluding carboxylic acids is 1. The molecule has 26 heavy (non-hydrogen) atoms. The zero-order valence-electron chi connectivity index (χ0n) is 14.8. The zero-order valence-corrected chi connectivity index (χ0v) is 15.6. The highest BCUT2D eigenvalue weighted by molar-refractivity contribution is 7.89. The first kappa shape index (κ1) is 19.9. The van der Waals surface area contributed by atoms with Gasteiger partial charge in [-0.15, -0.1) is 0 Å². The second kappa shape index (κ2) is 8.29. The molecule has 0 atom stereocenters. The van der Waals surface area contributed by atoms with Crippen LogP contribution in [0.25, 0.3) is 0 Å². The second-order valence-corrected chi connectivity index (χ2v) is 7.45. The highest BCUT2D eigenvalue weighted by atomic mass is 32.2. The number of rotatable bonds is 7. The molecule has 8 heteroatoms. The van der Waals surface area contributed by atoms with Crippen molar-refractivity contribution >= 4 is 21.6 Å². The second-order valence-electron chi connectivity index (χ2n) is 5.68. The fourth-order valence-electron chi connectivity index (χ4n) is 2.51. The Labute approximate surface area is 152 Å². The average Bonchev–Trinajstić information content (AvgIpc) is 2.58. The largest absolute Gasteiger partial charge is 0.496 e. The summed E-state index contributed by atoms with van der Waals surface area (Å²) in [6, 6.07) is 10.1. The van der Waals surface area contributed by atoms with Gasteiger partial charge in [-0.1, -0.05) is 6.07 Å². The molecule has 0 aromatic heterocycles. The average molecular weight is 380 g/mol. The monoisotopic (exact) mass is 380 g/mol. The predicted molar refractivity (Wildman–Crippen MR) is 97.3 cm³/mol. The van der Waals surface area contributed by atoms with Gasteiger partial charge in [-0.05, 0) is 48.9 Å². The van der Waals surface area contributed by atoms with Crippen molar-refractivity contribution in [1.82, 2.24) is 4.72 Å². The van der Waals surface area contributed by atoms with Crippen molar-refractivity contribution < 1.29 is 22.3 Å². The van der Waals surface area contributed by atoms with E-state index in [-0.39, 0.29) is 23.9 Å². The summed E-state index contributed by atoms with van der Waals surface area (Å²) < 4.78 is 45.8. The molecule has 0 unspecified atom stereocenters. The van der Waals surface area contributed by atoms with Crippen molar-refractivity contribution in [2.45, 2.75) is 18.7 Å². The molecule has 0 aliphatic heterocycles. The van der Waals surface area contributed by atoms with E-state index >= 15 is 0 Å². The summed E-state index contributed by atoms with van der Waals surface area (Å²) in [6.07, 6.45) is 0. The number of ether oxygens (including phenoxy) is 1. The fourth-order valence-corrected chi connectivity index (χ4v) is 3.61. The summed E-state index contributed by atoms with van der Waals surface area (Å²) in [5.41, 5.74) is 1.07. The summed E-state index contributed by atoms with van der Waals surface area (Å²) >= 11 is 0. The Kier molecular flexibility index (Phi) is 6.33. The van der Waals surface area contributed by atoms with Crippen LogP contribution in [0, 0.1) is 12.7 Å². The number of nitrogens with one attached hydrogen (secondary N) is 1. The normalized spacial score (nSPS) is 11.2. The Morgan fingerprint density at radius 2 is 1.96 bits per heavy atom. The van der Waals surface area contributed by atoms with Crippen LogP contribution in [0.2, 0.25) is 0 Å². The van der Waals surface area contributed by atoms with Gasteiger partial charge in [0, 0.05) is 25.7 Å². The van der Waals surface area contributed by atoms with Crippen LogP contribution in [-0.2, 0) is 14.8 Å². The van der Waals surface area contributed by atoms with E-state index in [1.54, 1.807) is 19.1 Å². The highest BCUT2D eigenvalue weighted by Gasteiger charge is 2.17. The molecule has 0 heterocycles. The number of methoxy groups -OCH3 is 1. The minimum Gasteiger partial charge on any atom is -0.496 e. The van der Waals surface area contributed by atoms with Gasteiger partial charge in [-0.2, -0.15) is 0 Å². The van der Waals surface area contributed by atoms with Crippen molar-refractivity contribution in [2.24, 2.45) is 0 Å². The van der Waals surface area contributed by atoms with E-state index in [1.807, 2.05) is 0 Å². The number of aryl methyl sites for hydroxylation is 1. The summed E-state index contributed by atoms with van der Waals surface area (Å²) in [5, 5.41) is 0. The minimum atomic E-state index is -3.74. The summed E-state index contributed by atoms with van der Waals surface area (Å²) in [6.45, 7) is 3.15. The molecule has 6 nitrogen and oxygen atoms in total. The molecular formula is C18H21FN2O4S. The van der Waals surface area contributed by atoms with Crippen molar-refractivity contribution in [3.63, 3.8) is 0 Å². The molecular weight excluding hydrogens is 359 g/mol.